The summed E-state index contributed by atoms with van der Waals surface area (Å²) < 4.78 is 76.8. The number of benzene rings is 4. The van der Waals surface area contributed by atoms with Gasteiger partial charge in [-0.25, -0.2) is 0 Å². The second-order valence-electron chi connectivity index (χ2n) is 9.23. The van der Waals surface area contributed by atoms with Crippen molar-refractivity contribution in [2.45, 2.75) is 17.8 Å². The molecular weight excluding hydrogens is 550 g/mol. The monoisotopic (exact) mass is 568 g/mol. The summed E-state index contributed by atoms with van der Waals surface area (Å²) in [6.45, 7) is 0. The van der Waals surface area contributed by atoms with Crippen LogP contribution in [0.1, 0.15) is 38.2 Å². The van der Waals surface area contributed by atoms with Gasteiger partial charge < -0.3 is 10.6 Å². The van der Waals surface area contributed by atoms with Crippen LogP contribution in [0.25, 0.3) is 0 Å². The largest absolute Gasteiger partial charge is 0.471 e. The Balaban J connectivity index is 1.71. The van der Waals surface area contributed by atoms with Gasteiger partial charge >= 0.3 is 24.2 Å². The zero-order chi connectivity index (χ0) is 29.6. The van der Waals surface area contributed by atoms with Gasteiger partial charge in [-0.1, -0.05) is 72.8 Å². The molecule has 2 N–H and O–H groups in total. The maximum absolute atomic E-state index is 13.5. The highest BCUT2D eigenvalue weighted by molar-refractivity contribution is 6.14. The van der Waals surface area contributed by atoms with Crippen LogP contribution in [0.4, 0.5) is 37.7 Å². The first kappa shape index (κ1) is 27.6. The average molecular weight is 568 g/mol. The molecule has 0 unspecified atom stereocenters. The third-order valence-electron chi connectivity index (χ3n) is 6.82. The molecule has 0 spiro atoms. The van der Waals surface area contributed by atoms with E-state index in [1.165, 1.54) is 48.5 Å². The number of fused-ring (bicyclic) bond motifs is 2. The molecule has 0 aliphatic heterocycles. The lowest BCUT2D eigenvalue weighted by Gasteiger charge is -2.41. The van der Waals surface area contributed by atoms with Gasteiger partial charge in [-0.3, -0.25) is 14.4 Å². The van der Waals surface area contributed by atoms with Crippen LogP contribution < -0.4 is 10.6 Å². The number of carbonyl (C=O) groups is 3. The van der Waals surface area contributed by atoms with Crippen molar-refractivity contribution in [2.24, 2.45) is 0 Å². The quantitative estimate of drug-likeness (QED) is 0.240. The normalized spacial score (nSPS) is 14.0. The van der Waals surface area contributed by atoms with Crippen LogP contribution in [0.5, 0.6) is 0 Å². The lowest BCUT2D eigenvalue weighted by molar-refractivity contribution is -0.167. The van der Waals surface area contributed by atoms with Gasteiger partial charge in [0, 0.05) is 22.5 Å². The summed E-state index contributed by atoms with van der Waals surface area (Å²) in [6.07, 6.45) is -10.2. The predicted molar refractivity (Wildman–Crippen MR) is 138 cm³/mol. The number of hydrogen-bond acceptors (Lipinski definition) is 3. The maximum atomic E-state index is 13.5. The number of halogens is 6. The van der Waals surface area contributed by atoms with E-state index in [4.69, 9.17) is 0 Å². The molecule has 1 aliphatic carbocycles. The van der Waals surface area contributed by atoms with Crippen LogP contribution in [0.2, 0.25) is 0 Å². The first-order chi connectivity index (χ1) is 19.3. The van der Waals surface area contributed by atoms with Crippen molar-refractivity contribution in [3.63, 3.8) is 0 Å². The highest BCUT2D eigenvalue weighted by atomic mass is 19.4. The number of amides is 2. The molecule has 0 atom stereocenters. The Labute approximate surface area is 228 Å². The minimum atomic E-state index is -5.09. The van der Waals surface area contributed by atoms with E-state index in [-0.39, 0.29) is 17.2 Å². The number of anilines is 2. The molecule has 4 aromatic carbocycles. The summed E-state index contributed by atoms with van der Waals surface area (Å²) in [7, 11) is 0. The van der Waals surface area contributed by atoms with Crippen LogP contribution in [0.15, 0.2) is 97.1 Å². The van der Waals surface area contributed by atoms with Gasteiger partial charge in [0.1, 0.15) is 0 Å². The Hall–Kier alpha value is -4.93. The minimum Gasteiger partial charge on any atom is -0.318 e. The number of alkyl halides is 6. The van der Waals surface area contributed by atoms with Gasteiger partial charge in [0.15, 0.2) is 5.78 Å². The van der Waals surface area contributed by atoms with E-state index in [0.29, 0.717) is 33.4 Å². The zero-order valence-corrected chi connectivity index (χ0v) is 20.7. The van der Waals surface area contributed by atoms with E-state index < -0.39 is 29.6 Å². The van der Waals surface area contributed by atoms with E-state index in [9.17, 15) is 40.7 Å². The molecule has 4 aromatic rings. The SMILES string of the molecule is O=C1c2ccccc2C(c2ccc(NC(=O)C(F)(F)F)cc2)(c2ccc(NC(=O)C(F)(F)F)cc2)c2ccccc21. The molecule has 0 bridgehead atoms. The predicted octanol–water partition coefficient (Wildman–Crippen LogP) is 6.62. The zero-order valence-electron chi connectivity index (χ0n) is 20.7. The molecule has 0 heterocycles. The van der Waals surface area contributed by atoms with E-state index in [2.05, 4.69) is 0 Å². The summed E-state index contributed by atoms with van der Waals surface area (Å²) in [4.78, 5) is 36.4. The van der Waals surface area contributed by atoms with Gasteiger partial charge in [0.2, 0.25) is 0 Å². The van der Waals surface area contributed by atoms with Crippen molar-refractivity contribution >= 4 is 29.0 Å². The van der Waals surface area contributed by atoms with Crippen LogP contribution in [-0.2, 0) is 15.0 Å². The number of nitrogens with one attached hydrogen (secondary N) is 2. The first-order valence-corrected chi connectivity index (χ1v) is 12.0. The summed E-state index contributed by atoms with van der Waals surface area (Å²) in [5, 5.41) is 3.59. The molecule has 0 saturated heterocycles. The molecule has 0 radical (unpaired) electrons. The van der Waals surface area contributed by atoms with E-state index >= 15 is 0 Å². The maximum Gasteiger partial charge on any atom is 0.471 e. The van der Waals surface area contributed by atoms with Crippen molar-refractivity contribution < 1.29 is 40.7 Å². The second-order valence-corrected chi connectivity index (χ2v) is 9.23. The standard InChI is InChI=1S/C30H18F6N2O3/c31-29(32,33)26(40)37-19-13-9-17(10-14-19)28(18-11-15-20(16-12-18)38-27(41)30(34,35)36)23-7-3-1-5-21(23)25(39)22-6-2-4-8-24(22)28/h1-16H,(H,37,40)(H,38,41). The van der Waals surface area contributed by atoms with Gasteiger partial charge in [0.05, 0.1) is 5.41 Å². The fraction of sp³-hybridized carbons (Fsp3) is 0.100. The fourth-order valence-electron chi connectivity index (χ4n) is 5.11. The number of carbonyl (C=O) groups excluding carboxylic acids is 3. The molecule has 0 saturated carbocycles. The Morgan fingerprint density at radius 2 is 0.878 bits per heavy atom. The first-order valence-electron chi connectivity index (χ1n) is 12.0. The van der Waals surface area contributed by atoms with Crippen molar-refractivity contribution in [1.29, 1.82) is 0 Å². The summed E-state index contributed by atoms with van der Waals surface area (Å²) in [6, 6.07) is 24.7. The van der Waals surface area contributed by atoms with Gasteiger partial charge in [-0.05, 0) is 46.5 Å². The molecule has 5 rings (SSSR count). The molecule has 11 heteroatoms. The second kappa shape index (κ2) is 9.92. The molecule has 0 fully saturated rings. The van der Waals surface area contributed by atoms with Gasteiger partial charge in [-0.15, -0.1) is 0 Å². The number of ketones is 1. The molecule has 208 valence electrons. The summed E-state index contributed by atoms with van der Waals surface area (Å²) in [5.41, 5.74) is 1.29. The van der Waals surface area contributed by atoms with E-state index in [1.54, 1.807) is 59.2 Å². The van der Waals surface area contributed by atoms with Crippen molar-refractivity contribution in [2.75, 3.05) is 10.6 Å². The van der Waals surface area contributed by atoms with Crippen LogP contribution in [0.3, 0.4) is 0 Å². The smallest absolute Gasteiger partial charge is 0.318 e. The fourth-order valence-corrected chi connectivity index (χ4v) is 5.11. The molecule has 1 aliphatic rings. The third-order valence-corrected chi connectivity index (χ3v) is 6.82. The molecule has 41 heavy (non-hydrogen) atoms. The lowest BCUT2D eigenvalue weighted by atomic mass is 9.59. The topological polar surface area (TPSA) is 75.3 Å². The Morgan fingerprint density at radius 1 is 0.537 bits per heavy atom. The summed E-state index contributed by atoms with van der Waals surface area (Å²) in [5.74, 6) is -4.54. The number of hydrogen-bond donors (Lipinski definition) is 2. The lowest BCUT2D eigenvalue weighted by Crippen LogP contribution is -2.38. The Morgan fingerprint density at radius 3 is 1.22 bits per heavy atom. The minimum absolute atomic E-state index is 0.120. The highest BCUT2D eigenvalue weighted by Crippen LogP contribution is 2.51. The number of rotatable bonds is 4. The van der Waals surface area contributed by atoms with Crippen molar-refractivity contribution in [1.82, 2.24) is 0 Å². The Bertz CT molecular complexity index is 1540. The van der Waals surface area contributed by atoms with Crippen LogP contribution in [-0.4, -0.2) is 30.0 Å². The summed E-state index contributed by atoms with van der Waals surface area (Å²) >= 11 is 0. The molecule has 5 nitrogen and oxygen atoms in total. The molecular formula is C30H18F6N2O3. The van der Waals surface area contributed by atoms with Gasteiger partial charge in [-0.2, -0.15) is 26.3 Å². The Kier molecular flexibility index (Phi) is 6.68. The molecule has 2 amide bonds. The van der Waals surface area contributed by atoms with E-state index in [1.807, 2.05) is 0 Å². The van der Waals surface area contributed by atoms with Crippen LogP contribution in [0, 0.1) is 0 Å². The van der Waals surface area contributed by atoms with Gasteiger partial charge in [0.25, 0.3) is 0 Å². The van der Waals surface area contributed by atoms with Crippen molar-refractivity contribution in [3.05, 3.63) is 130 Å². The van der Waals surface area contributed by atoms with Crippen molar-refractivity contribution in [3.8, 4) is 0 Å². The van der Waals surface area contributed by atoms with Crippen LogP contribution >= 0.6 is 0 Å². The van der Waals surface area contributed by atoms with E-state index in [0.717, 1.165) is 0 Å². The molecule has 0 aromatic heterocycles. The third kappa shape index (κ3) is 4.83. The average Bonchev–Trinajstić information content (AvgIpc) is 2.94. The highest BCUT2D eigenvalue weighted by Gasteiger charge is 2.46.